The van der Waals surface area contributed by atoms with Gasteiger partial charge in [-0.1, -0.05) is 24.3 Å². The van der Waals surface area contributed by atoms with E-state index in [1.807, 2.05) is 0 Å². The highest BCUT2D eigenvalue weighted by Crippen LogP contribution is 2.37. The van der Waals surface area contributed by atoms with Crippen molar-refractivity contribution in [3.8, 4) is 0 Å². The third-order valence-electron chi connectivity index (χ3n) is 6.08. The van der Waals surface area contributed by atoms with Crippen LogP contribution in [0.25, 0.3) is 0 Å². The fraction of sp³-hybridized carbons (Fsp3) is 0.391. The minimum atomic E-state index is -4.21. The quantitative estimate of drug-likeness (QED) is 0.607. The van der Waals surface area contributed by atoms with E-state index in [-0.39, 0.29) is 44.2 Å². The number of carbonyl (C=O) groups is 1. The van der Waals surface area contributed by atoms with Crippen molar-refractivity contribution in [1.29, 1.82) is 0 Å². The van der Waals surface area contributed by atoms with E-state index in [1.54, 1.807) is 24.3 Å². The van der Waals surface area contributed by atoms with Crippen LogP contribution in [0.15, 0.2) is 53.6 Å². The van der Waals surface area contributed by atoms with Crippen LogP contribution in [0.5, 0.6) is 0 Å². The fourth-order valence-electron chi connectivity index (χ4n) is 4.28. The molecule has 32 heavy (non-hydrogen) atoms. The maximum absolute atomic E-state index is 13.4. The Balaban J connectivity index is 1.49. The van der Waals surface area contributed by atoms with E-state index in [0.29, 0.717) is 11.3 Å². The third-order valence-corrected chi connectivity index (χ3v) is 6.08. The lowest BCUT2D eigenvalue weighted by molar-refractivity contribution is -0.182. The summed E-state index contributed by atoms with van der Waals surface area (Å²) in [6.45, 7) is 0.183. The molecule has 0 spiro atoms. The van der Waals surface area contributed by atoms with Crippen molar-refractivity contribution in [1.82, 2.24) is 10.3 Å². The van der Waals surface area contributed by atoms with Crippen LogP contribution >= 0.6 is 0 Å². The van der Waals surface area contributed by atoms with Crippen LogP contribution in [0.4, 0.5) is 26.7 Å². The van der Waals surface area contributed by atoms with E-state index < -0.39 is 29.8 Å². The minimum Gasteiger partial charge on any atom is -0.334 e. The maximum Gasteiger partial charge on any atom is 0.391 e. The summed E-state index contributed by atoms with van der Waals surface area (Å²) in [5, 5.41) is 8.46. The summed E-state index contributed by atoms with van der Waals surface area (Å²) in [5.41, 5.74) is 1.91. The first-order chi connectivity index (χ1) is 15.2. The standard InChI is InChI=1S/C23H22F5N3O/c24-17-7-1-14(2-8-17)20-13-31(30-21(20)15-3-9-18(25)10-4-15)22(32)29-19-11-5-16(6-12-19)23(26,27)28/h1-4,7-10,16,19-20H,5-6,11-13H2,(H,29,32). The van der Waals surface area contributed by atoms with Crippen LogP contribution in [-0.4, -0.2) is 35.5 Å². The second kappa shape index (κ2) is 8.88. The Bertz CT molecular complexity index is 980. The molecule has 4 nitrogen and oxygen atoms in total. The molecule has 1 aliphatic carbocycles. The van der Waals surface area contributed by atoms with Gasteiger partial charge in [0.05, 0.1) is 18.2 Å². The van der Waals surface area contributed by atoms with Gasteiger partial charge in [-0.2, -0.15) is 18.3 Å². The van der Waals surface area contributed by atoms with Crippen molar-refractivity contribution in [2.75, 3.05) is 6.54 Å². The number of carbonyl (C=O) groups excluding carboxylic acids is 1. The van der Waals surface area contributed by atoms with Crippen molar-refractivity contribution in [3.63, 3.8) is 0 Å². The number of halogens is 5. The van der Waals surface area contributed by atoms with Gasteiger partial charge in [-0.05, 0) is 61.1 Å². The summed E-state index contributed by atoms with van der Waals surface area (Å²) in [5.74, 6) is -2.48. The second-order valence-corrected chi connectivity index (χ2v) is 8.22. The van der Waals surface area contributed by atoms with Crippen molar-refractivity contribution in [2.24, 2.45) is 11.0 Å². The average Bonchev–Trinajstić information content (AvgIpc) is 3.20. The molecule has 170 valence electrons. The lowest BCUT2D eigenvalue weighted by Crippen LogP contribution is -2.44. The van der Waals surface area contributed by atoms with Crippen molar-refractivity contribution >= 4 is 11.7 Å². The molecule has 0 aromatic heterocycles. The molecule has 1 unspecified atom stereocenters. The number of benzene rings is 2. The molecule has 2 aliphatic rings. The first-order valence-electron chi connectivity index (χ1n) is 10.5. The molecular weight excluding hydrogens is 429 g/mol. The number of amides is 2. The Morgan fingerprint density at radius 3 is 2.03 bits per heavy atom. The van der Waals surface area contributed by atoms with E-state index >= 15 is 0 Å². The van der Waals surface area contributed by atoms with E-state index in [4.69, 9.17) is 0 Å². The van der Waals surface area contributed by atoms with Gasteiger partial charge in [0.25, 0.3) is 0 Å². The van der Waals surface area contributed by atoms with Crippen LogP contribution in [0.3, 0.4) is 0 Å². The molecule has 1 atom stereocenters. The molecule has 2 amide bonds. The molecule has 4 rings (SSSR count). The number of urea groups is 1. The molecule has 0 bridgehead atoms. The van der Waals surface area contributed by atoms with Crippen LogP contribution < -0.4 is 5.32 Å². The van der Waals surface area contributed by atoms with Gasteiger partial charge in [0.2, 0.25) is 0 Å². The monoisotopic (exact) mass is 451 g/mol. The predicted molar refractivity (Wildman–Crippen MR) is 109 cm³/mol. The number of nitrogens with one attached hydrogen (secondary N) is 1. The molecule has 1 N–H and O–H groups in total. The molecule has 0 saturated heterocycles. The Hall–Kier alpha value is -2.97. The van der Waals surface area contributed by atoms with Crippen LogP contribution in [0, 0.1) is 17.6 Å². The molecular formula is C23H22F5N3O. The number of hydrogen-bond acceptors (Lipinski definition) is 2. The van der Waals surface area contributed by atoms with Gasteiger partial charge < -0.3 is 5.32 Å². The summed E-state index contributed by atoms with van der Waals surface area (Å²) in [6, 6.07) is 10.7. The molecule has 1 aliphatic heterocycles. The van der Waals surface area contributed by atoms with Crippen LogP contribution in [-0.2, 0) is 0 Å². The summed E-state index contributed by atoms with van der Waals surface area (Å²) >= 11 is 0. The second-order valence-electron chi connectivity index (χ2n) is 8.22. The Kier molecular flexibility index (Phi) is 6.17. The maximum atomic E-state index is 13.4. The number of rotatable bonds is 3. The number of alkyl halides is 3. The van der Waals surface area contributed by atoms with Gasteiger partial charge in [0, 0.05) is 12.0 Å². The normalized spacial score (nSPS) is 23.7. The van der Waals surface area contributed by atoms with Gasteiger partial charge in [-0.25, -0.2) is 18.6 Å². The van der Waals surface area contributed by atoms with Crippen molar-refractivity contribution in [2.45, 2.75) is 43.8 Å². The molecule has 1 heterocycles. The zero-order chi connectivity index (χ0) is 22.9. The largest absolute Gasteiger partial charge is 0.391 e. The summed E-state index contributed by atoms with van der Waals surface area (Å²) < 4.78 is 65.4. The zero-order valence-electron chi connectivity index (χ0n) is 17.1. The highest BCUT2D eigenvalue weighted by atomic mass is 19.4. The van der Waals surface area contributed by atoms with Crippen LogP contribution in [0.2, 0.25) is 0 Å². The fourth-order valence-corrected chi connectivity index (χ4v) is 4.28. The molecule has 1 fully saturated rings. The minimum absolute atomic E-state index is 0.0171. The van der Waals surface area contributed by atoms with E-state index in [2.05, 4.69) is 10.4 Å². The molecule has 2 aromatic rings. The average molecular weight is 451 g/mol. The van der Waals surface area contributed by atoms with Gasteiger partial charge in [-0.3, -0.25) is 0 Å². The topological polar surface area (TPSA) is 44.7 Å². The summed E-state index contributed by atoms with van der Waals surface area (Å²) in [7, 11) is 0. The SMILES string of the molecule is O=C(NC1CCC(C(F)(F)F)CC1)N1CC(c2ccc(F)cc2)C(c2ccc(F)cc2)=N1. The number of nitrogens with zero attached hydrogens (tertiary/aromatic N) is 2. The molecule has 1 saturated carbocycles. The number of hydrazone groups is 1. The molecule has 9 heteroatoms. The van der Waals surface area contributed by atoms with Gasteiger partial charge in [-0.15, -0.1) is 0 Å². The zero-order valence-corrected chi connectivity index (χ0v) is 17.1. The Morgan fingerprint density at radius 2 is 1.47 bits per heavy atom. The van der Waals surface area contributed by atoms with Crippen LogP contribution in [0.1, 0.15) is 42.7 Å². The Morgan fingerprint density at radius 1 is 0.906 bits per heavy atom. The first-order valence-corrected chi connectivity index (χ1v) is 10.5. The smallest absolute Gasteiger partial charge is 0.334 e. The highest BCUT2D eigenvalue weighted by Gasteiger charge is 2.42. The predicted octanol–water partition coefficient (Wildman–Crippen LogP) is 5.60. The summed E-state index contributed by atoms with van der Waals surface area (Å²) in [6.07, 6.45) is -3.74. The van der Waals surface area contributed by atoms with E-state index in [1.165, 1.54) is 29.3 Å². The van der Waals surface area contributed by atoms with Gasteiger partial charge >= 0.3 is 12.2 Å². The van der Waals surface area contributed by atoms with Crippen molar-refractivity contribution in [3.05, 3.63) is 71.3 Å². The first kappa shape index (κ1) is 22.2. The Labute approximate surface area is 182 Å². The lowest BCUT2D eigenvalue weighted by Gasteiger charge is -2.31. The van der Waals surface area contributed by atoms with Gasteiger partial charge in [0.1, 0.15) is 11.6 Å². The molecule has 2 aromatic carbocycles. The van der Waals surface area contributed by atoms with Gasteiger partial charge in [0.15, 0.2) is 0 Å². The van der Waals surface area contributed by atoms with E-state index in [9.17, 15) is 26.7 Å². The summed E-state index contributed by atoms with van der Waals surface area (Å²) in [4.78, 5) is 12.8. The molecule has 0 radical (unpaired) electrons. The number of hydrogen-bond donors (Lipinski definition) is 1. The lowest BCUT2D eigenvalue weighted by atomic mass is 9.85. The van der Waals surface area contributed by atoms with E-state index in [0.717, 1.165) is 5.56 Å². The third kappa shape index (κ3) is 4.92. The van der Waals surface area contributed by atoms with Crippen molar-refractivity contribution < 1.29 is 26.7 Å². The highest BCUT2D eigenvalue weighted by molar-refractivity contribution is 6.07.